The average molecular weight is 529 g/mol. The van der Waals surface area contributed by atoms with E-state index in [1.807, 2.05) is 0 Å². The molecule has 8 nitrogen and oxygen atoms in total. The Morgan fingerprint density at radius 1 is 0.897 bits per heavy atom. The standard InChI is InChI=1S/C31H32N2O6/c1-34-23-9-17(10-24-29(23)38-15-36-24)8-19-13-33-14-21-26(18-6-4-3-5-7-18)28-20(27(21)22(33)12-32-19)11-25-30(31(28)35-2)39-16-37-25/h3-7,9-11,19,21-22,26-27,32H,8,12-16H2,1-2H3/t19-,21+,22+,26+,27-/m0/s1. The molecule has 0 saturated carbocycles. The Balaban J connectivity index is 1.11. The number of methoxy groups -OCH3 is 2. The van der Waals surface area contributed by atoms with Crippen LogP contribution < -0.4 is 33.7 Å². The smallest absolute Gasteiger partial charge is 0.231 e. The number of fused-ring (bicyclic) bond motifs is 7. The molecule has 0 unspecified atom stereocenters. The first kappa shape index (κ1) is 23.3. The van der Waals surface area contributed by atoms with Gasteiger partial charge in [-0.3, -0.25) is 4.90 Å². The lowest BCUT2D eigenvalue weighted by molar-refractivity contribution is 0.163. The number of nitrogens with zero attached hydrogens (tertiary/aromatic N) is 1. The molecule has 1 N–H and O–H groups in total. The highest BCUT2D eigenvalue weighted by Crippen LogP contribution is 2.62. The van der Waals surface area contributed by atoms with E-state index in [1.165, 1.54) is 22.3 Å². The Hall–Kier alpha value is -3.62. The van der Waals surface area contributed by atoms with E-state index in [1.54, 1.807) is 14.2 Å². The molecule has 3 aromatic rings. The molecular weight excluding hydrogens is 496 g/mol. The molecular formula is C31H32N2O6. The molecule has 39 heavy (non-hydrogen) atoms. The van der Waals surface area contributed by atoms with Gasteiger partial charge in [-0.05, 0) is 47.2 Å². The third-order valence-corrected chi connectivity index (χ3v) is 9.21. The first-order valence-corrected chi connectivity index (χ1v) is 13.7. The van der Waals surface area contributed by atoms with Crippen LogP contribution in [0.2, 0.25) is 0 Å². The van der Waals surface area contributed by atoms with Crippen LogP contribution in [0.15, 0.2) is 48.5 Å². The molecule has 0 amide bonds. The van der Waals surface area contributed by atoms with Crippen molar-refractivity contribution < 1.29 is 28.4 Å². The Morgan fingerprint density at radius 2 is 1.69 bits per heavy atom. The molecule has 202 valence electrons. The monoisotopic (exact) mass is 528 g/mol. The Bertz CT molecular complexity index is 1430. The van der Waals surface area contributed by atoms with Crippen molar-refractivity contribution in [3.8, 4) is 34.5 Å². The van der Waals surface area contributed by atoms with E-state index in [9.17, 15) is 0 Å². The summed E-state index contributed by atoms with van der Waals surface area (Å²) in [4.78, 5) is 2.71. The second-order valence-corrected chi connectivity index (χ2v) is 11.1. The summed E-state index contributed by atoms with van der Waals surface area (Å²) < 4.78 is 34.6. The van der Waals surface area contributed by atoms with E-state index in [2.05, 4.69) is 58.7 Å². The predicted molar refractivity (Wildman–Crippen MR) is 144 cm³/mol. The Kier molecular flexibility index (Phi) is 5.35. The molecule has 2 fully saturated rings. The summed E-state index contributed by atoms with van der Waals surface area (Å²) in [6.45, 7) is 3.45. The summed E-state index contributed by atoms with van der Waals surface area (Å²) >= 11 is 0. The molecule has 8 heteroatoms. The second kappa shape index (κ2) is 8.96. The maximum absolute atomic E-state index is 6.02. The van der Waals surface area contributed by atoms with Gasteiger partial charge < -0.3 is 33.7 Å². The molecule has 1 aliphatic carbocycles. The normalized spacial score (nSPS) is 27.7. The van der Waals surface area contributed by atoms with Gasteiger partial charge >= 0.3 is 0 Å². The van der Waals surface area contributed by atoms with Crippen molar-refractivity contribution in [2.45, 2.75) is 30.3 Å². The Morgan fingerprint density at radius 3 is 2.49 bits per heavy atom. The largest absolute Gasteiger partial charge is 0.493 e. The highest BCUT2D eigenvalue weighted by atomic mass is 16.7. The third-order valence-electron chi connectivity index (χ3n) is 9.21. The predicted octanol–water partition coefficient (Wildman–Crippen LogP) is 3.91. The van der Waals surface area contributed by atoms with E-state index in [-0.39, 0.29) is 19.5 Å². The van der Waals surface area contributed by atoms with E-state index in [0.717, 1.165) is 54.8 Å². The van der Waals surface area contributed by atoms with Crippen molar-refractivity contribution in [3.63, 3.8) is 0 Å². The summed E-state index contributed by atoms with van der Waals surface area (Å²) in [5, 5.41) is 3.88. The van der Waals surface area contributed by atoms with E-state index < -0.39 is 0 Å². The maximum atomic E-state index is 6.02. The molecule has 0 bridgehead atoms. The minimum absolute atomic E-state index is 0.238. The van der Waals surface area contributed by atoms with Crippen LogP contribution in [0.5, 0.6) is 34.5 Å². The lowest BCUT2D eigenvalue weighted by Crippen LogP contribution is -2.55. The van der Waals surface area contributed by atoms with Crippen LogP contribution in [-0.2, 0) is 6.42 Å². The molecule has 2 saturated heterocycles. The first-order valence-electron chi connectivity index (χ1n) is 13.7. The zero-order valence-electron chi connectivity index (χ0n) is 22.1. The van der Waals surface area contributed by atoms with Gasteiger partial charge in [-0.25, -0.2) is 0 Å². The summed E-state index contributed by atoms with van der Waals surface area (Å²) in [6.07, 6.45) is 0.900. The topological polar surface area (TPSA) is 70.7 Å². The lowest BCUT2D eigenvalue weighted by atomic mass is 9.82. The van der Waals surface area contributed by atoms with Crippen LogP contribution >= 0.6 is 0 Å². The maximum Gasteiger partial charge on any atom is 0.231 e. The molecule has 4 heterocycles. The number of piperazine rings is 1. The van der Waals surface area contributed by atoms with Gasteiger partial charge in [0.2, 0.25) is 25.1 Å². The second-order valence-electron chi connectivity index (χ2n) is 11.1. The van der Waals surface area contributed by atoms with Crippen molar-refractivity contribution in [1.82, 2.24) is 10.2 Å². The fraction of sp³-hybridized carbons (Fsp3) is 0.419. The van der Waals surface area contributed by atoms with Gasteiger partial charge in [0.05, 0.1) is 14.2 Å². The van der Waals surface area contributed by atoms with E-state index in [0.29, 0.717) is 29.7 Å². The average Bonchev–Trinajstić information content (AvgIpc) is 3.75. The van der Waals surface area contributed by atoms with Gasteiger partial charge in [-0.2, -0.15) is 0 Å². The van der Waals surface area contributed by atoms with Crippen molar-refractivity contribution in [3.05, 3.63) is 70.8 Å². The summed E-state index contributed by atoms with van der Waals surface area (Å²) in [6, 6.07) is 18.0. The van der Waals surface area contributed by atoms with E-state index in [4.69, 9.17) is 28.4 Å². The molecule has 0 radical (unpaired) electrons. The van der Waals surface area contributed by atoms with Crippen LogP contribution in [0.25, 0.3) is 0 Å². The lowest BCUT2D eigenvalue weighted by Gasteiger charge is -2.38. The van der Waals surface area contributed by atoms with Gasteiger partial charge in [-0.15, -0.1) is 0 Å². The van der Waals surface area contributed by atoms with Crippen LogP contribution in [0.4, 0.5) is 0 Å². The number of ether oxygens (including phenoxy) is 6. The van der Waals surface area contributed by atoms with Crippen LogP contribution in [0.1, 0.15) is 34.1 Å². The number of hydrogen-bond donors (Lipinski definition) is 1. The van der Waals surface area contributed by atoms with Crippen LogP contribution in [0.3, 0.4) is 0 Å². The van der Waals surface area contributed by atoms with Crippen molar-refractivity contribution >= 4 is 0 Å². The molecule has 0 spiro atoms. The number of hydrogen-bond acceptors (Lipinski definition) is 8. The van der Waals surface area contributed by atoms with Gasteiger partial charge in [0.1, 0.15) is 0 Å². The van der Waals surface area contributed by atoms with Crippen molar-refractivity contribution in [1.29, 1.82) is 0 Å². The number of nitrogens with one attached hydrogen (secondary N) is 1. The third kappa shape index (κ3) is 3.51. The summed E-state index contributed by atoms with van der Waals surface area (Å²) in [5.41, 5.74) is 5.15. The van der Waals surface area contributed by atoms with Crippen LogP contribution in [0, 0.1) is 5.92 Å². The summed E-state index contributed by atoms with van der Waals surface area (Å²) in [5.74, 6) is 5.69. The molecule has 8 rings (SSSR count). The van der Waals surface area contributed by atoms with Crippen molar-refractivity contribution in [2.75, 3.05) is 47.4 Å². The van der Waals surface area contributed by atoms with Crippen LogP contribution in [-0.4, -0.2) is 64.4 Å². The van der Waals surface area contributed by atoms with E-state index >= 15 is 0 Å². The highest BCUT2D eigenvalue weighted by Gasteiger charge is 2.55. The molecule has 4 aliphatic heterocycles. The van der Waals surface area contributed by atoms with Gasteiger partial charge in [0, 0.05) is 49.1 Å². The number of benzene rings is 3. The van der Waals surface area contributed by atoms with Gasteiger partial charge in [0.15, 0.2) is 23.0 Å². The minimum Gasteiger partial charge on any atom is -0.493 e. The van der Waals surface area contributed by atoms with Gasteiger partial charge in [0.25, 0.3) is 0 Å². The fourth-order valence-electron chi connectivity index (χ4n) is 7.74. The molecule has 0 aromatic heterocycles. The molecule has 3 aromatic carbocycles. The minimum atomic E-state index is 0.238. The zero-order valence-corrected chi connectivity index (χ0v) is 22.1. The number of rotatable bonds is 5. The van der Waals surface area contributed by atoms with Crippen molar-refractivity contribution in [2.24, 2.45) is 5.92 Å². The zero-order chi connectivity index (χ0) is 26.1. The first-order chi connectivity index (χ1) is 19.2. The SMILES string of the molecule is COc1cc(C[C@H]2CN3C[C@@H]4[C@@H](c5ccccc5)c5c(cc6c(c5OC)OCO6)[C@@H]4[C@H]3CN2)cc2c1OCO2. The fourth-order valence-corrected chi connectivity index (χ4v) is 7.74. The quantitative estimate of drug-likeness (QED) is 0.535. The molecule has 5 aliphatic rings. The summed E-state index contributed by atoms with van der Waals surface area (Å²) in [7, 11) is 3.42. The van der Waals surface area contributed by atoms with Gasteiger partial charge in [-0.1, -0.05) is 30.3 Å². The highest BCUT2D eigenvalue weighted by molar-refractivity contribution is 5.66. The Labute approximate surface area is 227 Å². The molecule has 5 atom stereocenters.